The van der Waals surface area contributed by atoms with Gasteiger partial charge in [0.05, 0.1) is 0 Å². The summed E-state index contributed by atoms with van der Waals surface area (Å²) in [6.45, 7) is 0. The molecule has 18 aromatic carbocycles. The van der Waals surface area contributed by atoms with Crippen LogP contribution in [0.2, 0.25) is 0 Å². The van der Waals surface area contributed by atoms with Crippen LogP contribution in [0.3, 0.4) is 0 Å². The van der Waals surface area contributed by atoms with Gasteiger partial charge in [-0.1, -0.05) is 279 Å². The first kappa shape index (κ1) is 63.0. The Hall–Kier alpha value is -14.0. The van der Waals surface area contributed by atoms with Crippen LogP contribution in [-0.4, -0.2) is 29.9 Å². The Morgan fingerprint density at radius 2 is 0.527 bits per heavy atom. The van der Waals surface area contributed by atoms with Crippen LogP contribution in [0.5, 0.6) is 0 Å². The van der Waals surface area contributed by atoms with E-state index in [1.54, 1.807) is 11.3 Å². The zero-order valence-electron chi connectivity index (χ0n) is 59.6. The van der Waals surface area contributed by atoms with Crippen molar-refractivity contribution in [3.8, 4) is 102 Å². The standard InChI is InChI=1S/C102H56N6OS3/c1-3-20-57(21-4-1)97-103-99(107-101(105-97)81-36-18-40-89-93(81)79-30-13-14-39-88(79)110-89)62-46-51-78-87(55-62)109-86-38-17-31-64(92(78)86)59-42-47-74-70-27-9-10-28-71(70)75-49-44-61(54-85(75)84(74)52-59)66-33-16-35-80-94-82(37-19-41-90(94)111-96(66)80)102-106-98(58-22-5-2-6-23-58)104-100(108-102)63-45-50-76-77-34-15-32-65(95(77)112-91(76)56-63)60-43-48-73-69-26-8-7-24-67(69)68-25-11-12-29-72(68)83(73)53-60/h1-56H. The highest BCUT2D eigenvalue weighted by atomic mass is 32.1. The number of nitrogens with zero attached hydrogens (tertiary/aromatic N) is 6. The Bertz CT molecular complexity index is 8130. The quantitative estimate of drug-likeness (QED) is 0.133. The molecule has 0 saturated carbocycles. The van der Waals surface area contributed by atoms with Crippen molar-refractivity contribution in [1.29, 1.82) is 0 Å². The van der Waals surface area contributed by atoms with Crippen LogP contribution in [0.15, 0.2) is 344 Å². The number of aromatic nitrogens is 6. The lowest BCUT2D eigenvalue weighted by molar-refractivity contribution is 0.669. The molecule has 0 unspecified atom stereocenters. The lowest BCUT2D eigenvalue weighted by atomic mass is 9.89. The topological polar surface area (TPSA) is 90.5 Å². The Morgan fingerprint density at radius 3 is 1.10 bits per heavy atom. The summed E-state index contributed by atoms with van der Waals surface area (Å²) in [6, 6.07) is 123. The molecule has 0 bridgehead atoms. The molecule has 0 atom stereocenters. The molecule has 0 radical (unpaired) electrons. The van der Waals surface area contributed by atoms with Gasteiger partial charge in [0.2, 0.25) is 0 Å². The van der Waals surface area contributed by atoms with E-state index in [4.69, 9.17) is 34.3 Å². The first-order valence-electron chi connectivity index (χ1n) is 37.6. The zero-order chi connectivity index (χ0) is 73.2. The molecule has 6 aromatic heterocycles. The predicted octanol–water partition coefficient (Wildman–Crippen LogP) is 29.0. The largest absolute Gasteiger partial charge is 0.456 e. The molecule has 0 spiro atoms. The van der Waals surface area contributed by atoms with Gasteiger partial charge in [0, 0.05) is 105 Å². The van der Waals surface area contributed by atoms with Crippen LogP contribution < -0.4 is 0 Å². The maximum absolute atomic E-state index is 6.90. The van der Waals surface area contributed by atoms with Gasteiger partial charge in [0.1, 0.15) is 11.2 Å². The van der Waals surface area contributed by atoms with Crippen LogP contribution in [0.25, 0.3) is 249 Å². The van der Waals surface area contributed by atoms with Gasteiger partial charge in [-0.2, -0.15) is 0 Å². The van der Waals surface area contributed by atoms with Gasteiger partial charge < -0.3 is 4.42 Å². The second-order valence-corrected chi connectivity index (χ2v) is 32.2. The lowest BCUT2D eigenvalue weighted by Gasteiger charge is -2.14. The average Bonchev–Trinajstić information content (AvgIpc) is 1.03. The second kappa shape index (κ2) is 24.8. The van der Waals surface area contributed by atoms with Crippen LogP contribution in [-0.2, 0) is 0 Å². The highest BCUT2D eigenvalue weighted by Crippen LogP contribution is 2.50. The smallest absolute Gasteiger partial charge is 0.164 e. The molecule has 0 saturated heterocycles. The number of thiophene rings is 3. The number of hydrogen-bond donors (Lipinski definition) is 0. The molecular weight excluding hydrogens is 1420 g/mol. The van der Waals surface area contributed by atoms with Gasteiger partial charge in [-0.3, -0.25) is 0 Å². The summed E-state index contributed by atoms with van der Waals surface area (Å²) < 4.78 is 14.1. The lowest BCUT2D eigenvalue weighted by Crippen LogP contribution is -2.00. The molecular formula is C102H56N6OS3. The van der Waals surface area contributed by atoms with Crippen molar-refractivity contribution >= 4 is 181 Å². The molecule has 10 heteroatoms. The van der Waals surface area contributed by atoms with Gasteiger partial charge in [-0.25, -0.2) is 29.9 Å². The Balaban J connectivity index is 0.610. The maximum Gasteiger partial charge on any atom is 0.164 e. The fourth-order valence-corrected chi connectivity index (χ4v) is 21.3. The Kier molecular flexibility index (Phi) is 13.9. The molecule has 0 aliphatic heterocycles. The normalized spacial score (nSPS) is 12.1. The van der Waals surface area contributed by atoms with Crippen molar-refractivity contribution in [2.45, 2.75) is 0 Å². The first-order chi connectivity index (χ1) is 55.5. The van der Waals surface area contributed by atoms with E-state index in [0.29, 0.717) is 34.9 Å². The highest BCUT2D eigenvalue weighted by Gasteiger charge is 2.25. The molecule has 7 nitrogen and oxygen atoms in total. The van der Waals surface area contributed by atoms with Crippen molar-refractivity contribution in [2.24, 2.45) is 0 Å². The summed E-state index contributed by atoms with van der Waals surface area (Å²) in [5, 5.41) is 23.9. The third kappa shape index (κ3) is 9.82. The summed E-state index contributed by atoms with van der Waals surface area (Å²) in [7, 11) is 0. The second-order valence-electron chi connectivity index (χ2n) is 29.0. The van der Waals surface area contributed by atoms with Gasteiger partial charge >= 0.3 is 0 Å². The molecule has 0 aliphatic rings. The summed E-state index contributed by atoms with van der Waals surface area (Å²) in [5.41, 5.74) is 14.0. The van der Waals surface area contributed by atoms with E-state index in [0.717, 1.165) is 92.9 Å². The molecule has 0 fully saturated rings. The van der Waals surface area contributed by atoms with Gasteiger partial charge in [-0.15, -0.1) is 34.0 Å². The molecule has 112 heavy (non-hydrogen) atoms. The summed E-state index contributed by atoms with van der Waals surface area (Å²) >= 11 is 5.44. The molecule has 24 aromatic rings. The Morgan fingerprint density at radius 1 is 0.170 bits per heavy atom. The van der Waals surface area contributed by atoms with Crippen LogP contribution >= 0.6 is 34.0 Å². The maximum atomic E-state index is 6.90. The minimum absolute atomic E-state index is 0.574. The average molecular weight is 1480 g/mol. The van der Waals surface area contributed by atoms with Gasteiger partial charge in [-0.05, 0) is 159 Å². The number of rotatable bonds is 9. The minimum atomic E-state index is 0.574. The van der Waals surface area contributed by atoms with Gasteiger partial charge in [0.15, 0.2) is 34.9 Å². The van der Waals surface area contributed by atoms with Crippen molar-refractivity contribution in [3.63, 3.8) is 0 Å². The molecule has 24 rings (SSSR count). The fraction of sp³-hybridized carbons (Fsp3) is 0. The minimum Gasteiger partial charge on any atom is -0.456 e. The third-order valence-electron chi connectivity index (χ3n) is 22.8. The van der Waals surface area contributed by atoms with E-state index in [1.165, 1.54) is 121 Å². The van der Waals surface area contributed by atoms with Crippen molar-refractivity contribution < 1.29 is 4.42 Å². The monoisotopic (exact) mass is 1480 g/mol. The van der Waals surface area contributed by atoms with E-state index in [2.05, 4.69) is 315 Å². The van der Waals surface area contributed by atoms with Crippen LogP contribution in [0.1, 0.15) is 0 Å². The van der Waals surface area contributed by atoms with Crippen LogP contribution in [0, 0.1) is 0 Å². The van der Waals surface area contributed by atoms with Crippen molar-refractivity contribution in [3.05, 3.63) is 340 Å². The van der Waals surface area contributed by atoms with E-state index in [9.17, 15) is 0 Å². The molecule has 0 aliphatic carbocycles. The number of hydrogen-bond acceptors (Lipinski definition) is 10. The molecule has 0 N–H and O–H groups in total. The van der Waals surface area contributed by atoms with E-state index >= 15 is 0 Å². The Labute approximate surface area is 652 Å². The number of fused-ring (bicyclic) bond motifs is 24. The highest BCUT2D eigenvalue weighted by molar-refractivity contribution is 7.27. The predicted molar refractivity (Wildman–Crippen MR) is 473 cm³/mol. The van der Waals surface area contributed by atoms with Crippen molar-refractivity contribution in [2.75, 3.05) is 0 Å². The van der Waals surface area contributed by atoms with E-state index < -0.39 is 0 Å². The molecule has 518 valence electrons. The first-order valence-corrected chi connectivity index (χ1v) is 40.1. The summed E-state index contributed by atoms with van der Waals surface area (Å²) in [6.07, 6.45) is 0. The van der Waals surface area contributed by atoms with Crippen LogP contribution in [0.4, 0.5) is 0 Å². The molecule has 6 heterocycles. The zero-order valence-corrected chi connectivity index (χ0v) is 62.1. The number of furan rings is 1. The third-order valence-corrected chi connectivity index (χ3v) is 26.3. The number of benzene rings is 18. The fourth-order valence-electron chi connectivity index (χ4n) is 17.6. The summed E-state index contributed by atoms with van der Waals surface area (Å²) in [5.74, 6) is 3.68. The van der Waals surface area contributed by atoms with E-state index in [1.807, 2.05) is 46.9 Å². The van der Waals surface area contributed by atoms with E-state index in [-0.39, 0.29) is 0 Å². The SMILES string of the molecule is c1ccc(-c2nc(-c3ccc4c(c3)oc3cccc(-c5ccc6c7ccccc7c7ccc(-c8cccc9c8sc8cccc(-c%10nc(-c%11ccccc%11)nc(-c%11ccc%12c(c%11)sc%11c(-c%13ccc%14c%15ccccc%15c%15ccccc%15c%14c%13)cccc%11%12)n%10)c89)cc7c6c5)c34)nc(-c3cccc4sc5ccccc5c34)n2)cc1. The molecule has 0 amide bonds. The summed E-state index contributed by atoms with van der Waals surface area (Å²) in [4.78, 5) is 31.8. The van der Waals surface area contributed by atoms with Gasteiger partial charge in [0.25, 0.3) is 0 Å². The van der Waals surface area contributed by atoms with Crippen molar-refractivity contribution in [1.82, 2.24) is 29.9 Å².